The van der Waals surface area contributed by atoms with Crippen LogP contribution in [-0.4, -0.2) is 20.1 Å². The van der Waals surface area contributed by atoms with Gasteiger partial charge in [0.15, 0.2) is 0 Å². The van der Waals surface area contributed by atoms with E-state index in [-0.39, 0.29) is 0 Å². The summed E-state index contributed by atoms with van der Waals surface area (Å²) in [7, 11) is -2.54. The van der Waals surface area contributed by atoms with Gasteiger partial charge < -0.3 is 4.74 Å². The summed E-state index contributed by atoms with van der Waals surface area (Å²) in [6, 6.07) is 6.64. The second-order valence-electron chi connectivity index (χ2n) is 2.54. The van der Waals surface area contributed by atoms with Crippen LogP contribution in [0.1, 0.15) is 5.56 Å². The van der Waals surface area contributed by atoms with Crippen molar-refractivity contribution in [1.29, 1.82) is 0 Å². The van der Waals surface area contributed by atoms with Crippen molar-refractivity contribution in [3.63, 3.8) is 0 Å². The lowest BCUT2D eigenvalue weighted by molar-refractivity contribution is 0.409. The lowest BCUT2D eigenvalue weighted by Crippen LogP contribution is -2.03. The quantitative estimate of drug-likeness (QED) is 0.745. The minimum atomic E-state index is -3.99. The van der Waals surface area contributed by atoms with Gasteiger partial charge in [0.2, 0.25) is 0 Å². The lowest BCUT2D eigenvalue weighted by atomic mass is 10.2. The first-order valence-electron chi connectivity index (χ1n) is 3.60. The van der Waals surface area contributed by atoms with E-state index in [1.807, 2.05) is 0 Å². The van der Waals surface area contributed by atoms with E-state index in [0.29, 0.717) is 11.3 Å². The van der Waals surface area contributed by atoms with Gasteiger partial charge in [-0.1, -0.05) is 18.2 Å². The Labute approximate surface area is 76.9 Å². The minimum absolute atomic E-state index is 0.420. The summed E-state index contributed by atoms with van der Waals surface area (Å²) < 4.78 is 34.7. The molecule has 0 bridgehead atoms. The monoisotopic (exact) mass is 202 g/mol. The van der Waals surface area contributed by atoms with Crippen LogP contribution in [0.2, 0.25) is 0 Å². The molecule has 0 saturated carbocycles. The number of para-hydroxylation sites is 1. The fraction of sp³-hybridized carbons (Fsp3) is 0.250. The molecule has 0 saturated heterocycles. The molecule has 0 radical (unpaired) electrons. The van der Waals surface area contributed by atoms with E-state index in [1.165, 1.54) is 7.11 Å². The SMILES string of the molecule is COc1ccccc1CS(=O)(=O)O. The normalized spacial score (nSPS) is 11.2. The molecule has 0 fully saturated rings. The molecule has 0 heterocycles. The molecule has 4 nitrogen and oxygen atoms in total. The summed E-state index contributed by atoms with van der Waals surface area (Å²) in [6.45, 7) is 0. The van der Waals surface area contributed by atoms with Crippen LogP contribution in [0, 0.1) is 0 Å². The van der Waals surface area contributed by atoms with Crippen LogP contribution in [0.25, 0.3) is 0 Å². The third kappa shape index (κ3) is 3.04. The van der Waals surface area contributed by atoms with Crippen LogP contribution in [0.5, 0.6) is 5.75 Å². The third-order valence-corrected chi connectivity index (χ3v) is 2.21. The zero-order valence-electron chi connectivity index (χ0n) is 7.10. The van der Waals surface area contributed by atoms with Crippen molar-refractivity contribution in [2.75, 3.05) is 7.11 Å². The zero-order valence-corrected chi connectivity index (χ0v) is 7.91. The molecule has 1 aromatic rings. The Hall–Kier alpha value is -1.07. The average molecular weight is 202 g/mol. The first kappa shape index (κ1) is 10.0. The highest BCUT2D eigenvalue weighted by Gasteiger charge is 2.10. The molecule has 0 aliphatic rings. The standard InChI is InChI=1S/C8H10O4S/c1-12-8-5-3-2-4-7(8)6-13(9,10)11/h2-5H,6H2,1H3,(H,9,10,11). The largest absolute Gasteiger partial charge is 0.496 e. The molecule has 0 aromatic heterocycles. The van der Waals surface area contributed by atoms with Crippen molar-refractivity contribution in [2.45, 2.75) is 5.75 Å². The summed E-state index contributed by atoms with van der Waals surface area (Å²) >= 11 is 0. The van der Waals surface area contributed by atoms with Gasteiger partial charge in [0.1, 0.15) is 11.5 Å². The van der Waals surface area contributed by atoms with Crippen LogP contribution in [0.15, 0.2) is 24.3 Å². The van der Waals surface area contributed by atoms with Crippen LogP contribution < -0.4 is 4.74 Å². The second-order valence-corrected chi connectivity index (χ2v) is 3.99. The number of hydrogen-bond acceptors (Lipinski definition) is 3. The molecule has 1 rings (SSSR count). The predicted octanol–water partition coefficient (Wildman–Crippen LogP) is 1.08. The smallest absolute Gasteiger partial charge is 0.269 e. The number of ether oxygens (including phenoxy) is 1. The van der Waals surface area contributed by atoms with Crippen molar-refractivity contribution < 1.29 is 17.7 Å². The Balaban J connectivity index is 3.01. The van der Waals surface area contributed by atoms with Gasteiger partial charge in [0.05, 0.1) is 7.11 Å². The van der Waals surface area contributed by atoms with Crippen LogP contribution in [0.3, 0.4) is 0 Å². The number of benzene rings is 1. The van der Waals surface area contributed by atoms with Crippen molar-refractivity contribution in [3.8, 4) is 5.75 Å². The van der Waals surface area contributed by atoms with E-state index in [9.17, 15) is 8.42 Å². The third-order valence-electron chi connectivity index (χ3n) is 1.53. The van der Waals surface area contributed by atoms with Gasteiger partial charge in [0, 0.05) is 5.56 Å². The highest BCUT2D eigenvalue weighted by atomic mass is 32.2. The predicted molar refractivity (Wildman–Crippen MR) is 48.2 cm³/mol. The zero-order chi connectivity index (χ0) is 9.90. The van der Waals surface area contributed by atoms with Gasteiger partial charge in [-0.2, -0.15) is 8.42 Å². The van der Waals surface area contributed by atoms with E-state index >= 15 is 0 Å². The molecule has 5 heteroatoms. The molecule has 72 valence electrons. The first-order valence-corrected chi connectivity index (χ1v) is 5.21. The average Bonchev–Trinajstić information content (AvgIpc) is 2.02. The Morgan fingerprint density at radius 2 is 2.00 bits per heavy atom. The van der Waals surface area contributed by atoms with Gasteiger partial charge in [-0.25, -0.2) is 0 Å². The molecule has 0 aliphatic heterocycles. The molecule has 1 N–H and O–H groups in total. The lowest BCUT2D eigenvalue weighted by Gasteiger charge is -2.05. The number of hydrogen-bond donors (Lipinski definition) is 1. The molecule has 0 unspecified atom stereocenters. The Morgan fingerprint density at radius 3 is 2.54 bits per heavy atom. The summed E-state index contributed by atoms with van der Waals surface area (Å²) in [4.78, 5) is 0. The number of rotatable bonds is 3. The maximum atomic E-state index is 10.6. The second kappa shape index (κ2) is 3.76. The molecular formula is C8H10O4S. The highest BCUT2D eigenvalue weighted by Crippen LogP contribution is 2.18. The van der Waals surface area contributed by atoms with Gasteiger partial charge in [-0.15, -0.1) is 0 Å². The topological polar surface area (TPSA) is 63.6 Å². The Bertz CT molecular complexity index is 383. The van der Waals surface area contributed by atoms with Crippen LogP contribution >= 0.6 is 0 Å². The van der Waals surface area contributed by atoms with Crippen molar-refractivity contribution in [1.82, 2.24) is 0 Å². The van der Waals surface area contributed by atoms with E-state index in [1.54, 1.807) is 24.3 Å². The molecule has 0 amide bonds. The maximum Gasteiger partial charge on any atom is 0.269 e. The van der Waals surface area contributed by atoms with Gasteiger partial charge in [0.25, 0.3) is 10.1 Å². The number of methoxy groups -OCH3 is 1. The molecule has 0 spiro atoms. The molecule has 0 atom stereocenters. The van der Waals surface area contributed by atoms with Crippen LogP contribution in [-0.2, 0) is 15.9 Å². The van der Waals surface area contributed by atoms with Crippen molar-refractivity contribution >= 4 is 10.1 Å². The maximum absolute atomic E-state index is 10.6. The fourth-order valence-electron chi connectivity index (χ4n) is 1.02. The molecular weight excluding hydrogens is 192 g/mol. The summed E-state index contributed by atoms with van der Waals surface area (Å²) in [5, 5.41) is 0. The Morgan fingerprint density at radius 1 is 1.38 bits per heavy atom. The first-order chi connectivity index (χ1) is 6.03. The van der Waals surface area contributed by atoms with E-state index in [0.717, 1.165) is 0 Å². The minimum Gasteiger partial charge on any atom is -0.496 e. The van der Waals surface area contributed by atoms with Crippen LogP contribution in [0.4, 0.5) is 0 Å². The van der Waals surface area contributed by atoms with E-state index < -0.39 is 15.9 Å². The van der Waals surface area contributed by atoms with E-state index in [2.05, 4.69) is 0 Å². The summed E-state index contributed by atoms with van der Waals surface area (Å²) in [5.74, 6) is 0.0388. The highest BCUT2D eigenvalue weighted by molar-refractivity contribution is 7.85. The van der Waals surface area contributed by atoms with E-state index in [4.69, 9.17) is 9.29 Å². The van der Waals surface area contributed by atoms with Gasteiger partial charge in [-0.3, -0.25) is 4.55 Å². The molecule has 1 aromatic carbocycles. The molecule has 0 aliphatic carbocycles. The van der Waals surface area contributed by atoms with Gasteiger partial charge >= 0.3 is 0 Å². The summed E-state index contributed by atoms with van der Waals surface area (Å²) in [5.41, 5.74) is 0.451. The molecule has 13 heavy (non-hydrogen) atoms. The van der Waals surface area contributed by atoms with Crippen molar-refractivity contribution in [3.05, 3.63) is 29.8 Å². The Kier molecular flexibility index (Phi) is 2.90. The van der Waals surface area contributed by atoms with Crippen molar-refractivity contribution in [2.24, 2.45) is 0 Å². The summed E-state index contributed by atoms with van der Waals surface area (Å²) in [6.07, 6.45) is 0. The fourth-order valence-corrected chi connectivity index (χ4v) is 1.65. The van der Waals surface area contributed by atoms with Gasteiger partial charge in [-0.05, 0) is 6.07 Å².